The molecule has 0 aromatic carbocycles. The van der Waals surface area contributed by atoms with Gasteiger partial charge in [-0.2, -0.15) is 0 Å². The average Bonchev–Trinajstić information content (AvgIpc) is 1.79. The first-order valence-electron chi connectivity index (χ1n) is 2.31. The second kappa shape index (κ2) is 2.73. The van der Waals surface area contributed by atoms with Crippen molar-refractivity contribution in [3.8, 4) is 0 Å². The fourth-order valence-electron chi connectivity index (χ4n) is 0.583. The van der Waals surface area contributed by atoms with E-state index in [0.29, 0.717) is 0 Å². The molecule has 0 radical (unpaired) electrons. The quantitative estimate of drug-likeness (QED) is 0.467. The molecule has 1 aliphatic rings. The van der Waals surface area contributed by atoms with Gasteiger partial charge in [-0.25, -0.2) is 8.42 Å². The van der Waals surface area contributed by atoms with Gasteiger partial charge in [-0.05, 0) is 0 Å². The van der Waals surface area contributed by atoms with Gasteiger partial charge in [0.1, 0.15) is 6.04 Å². The molecule has 0 aromatic heterocycles. The highest BCUT2D eigenvalue weighted by Crippen LogP contribution is 1.97. The van der Waals surface area contributed by atoms with Crippen LogP contribution < -0.4 is 10.5 Å². The molecular formula is C3H7ClN2O3S. The summed E-state index contributed by atoms with van der Waals surface area (Å²) in [6.45, 7) is 0. The Kier molecular flexibility index (Phi) is 2.64. The van der Waals surface area contributed by atoms with Crippen molar-refractivity contribution in [3.63, 3.8) is 0 Å². The van der Waals surface area contributed by atoms with Crippen molar-refractivity contribution in [2.75, 3.05) is 5.75 Å². The second-order valence-electron chi connectivity index (χ2n) is 1.85. The zero-order chi connectivity index (χ0) is 7.07. The smallest absolute Gasteiger partial charge is 0.251 e. The minimum absolute atomic E-state index is 0. The monoisotopic (exact) mass is 186 g/mol. The van der Waals surface area contributed by atoms with Crippen molar-refractivity contribution in [1.82, 2.24) is 4.72 Å². The lowest BCUT2D eigenvalue weighted by Crippen LogP contribution is -2.31. The molecule has 3 N–H and O–H groups in total. The van der Waals surface area contributed by atoms with Crippen molar-refractivity contribution >= 4 is 28.3 Å². The van der Waals surface area contributed by atoms with Crippen molar-refractivity contribution in [3.05, 3.63) is 0 Å². The van der Waals surface area contributed by atoms with E-state index >= 15 is 0 Å². The number of halogens is 1. The summed E-state index contributed by atoms with van der Waals surface area (Å²) in [5.41, 5.74) is 5.06. The Morgan fingerprint density at radius 2 is 2.10 bits per heavy atom. The molecule has 1 aliphatic heterocycles. The third-order valence-corrected chi connectivity index (χ3v) is 2.30. The third-order valence-electron chi connectivity index (χ3n) is 0.992. The number of amides is 1. The van der Waals surface area contributed by atoms with Crippen molar-refractivity contribution < 1.29 is 13.2 Å². The maximum Gasteiger partial charge on any atom is 0.251 e. The Balaban J connectivity index is 0.000000810. The van der Waals surface area contributed by atoms with E-state index in [1.807, 2.05) is 0 Å². The molecule has 1 heterocycles. The fraction of sp³-hybridized carbons (Fsp3) is 0.667. The largest absolute Gasteiger partial charge is 0.319 e. The van der Waals surface area contributed by atoms with Gasteiger partial charge in [-0.15, -0.1) is 12.4 Å². The molecule has 1 fully saturated rings. The third kappa shape index (κ3) is 1.83. The summed E-state index contributed by atoms with van der Waals surface area (Å²) < 4.78 is 22.6. The van der Waals surface area contributed by atoms with E-state index in [1.165, 1.54) is 0 Å². The molecule has 1 atom stereocenters. The number of rotatable bonds is 0. The normalized spacial score (nSPS) is 28.9. The van der Waals surface area contributed by atoms with Gasteiger partial charge in [-0.3, -0.25) is 9.52 Å². The van der Waals surface area contributed by atoms with Gasteiger partial charge in [0.15, 0.2) is 0 Å². The Morgan fingerprint density at radius 1 is 1.60 bits per heavy atom. The van der Waals surface area contributed by atoms with Crippen LogP contribution in [0.2, 0.25) is 0 Å². The topological polar surface area (TPSA) is 89.3 Å². The minimum atomic E-state index is -3.37. The van der Waals surface area contributed by atoms with Crippen LogP contribution in [0.15, 0.2) is 0 Å². The zero-order valence-corrected chi connectivity index (χ0v) is 6.54. The average molecular weight is 187 g/mol. The highest BCUT2D eigenvalue weighted by Gasteiger charge is 2.31. The summed E-state index contributed by atoms with van der Waals surface area (Å²) in [4.78, 5) is 10.4. The predicted octanol–water partition coefficient (Wildman–Crippen LogP) is -1.80. The molecule has 10 heavy (non-hydrogen) atoms. The maximum atomic E-state index is 10.4. The molecular weight excluding hydrogens is 180 g/mol. The summed E-state index contributed by atoms with van der Waals surface area (Å²) in [5.74, 6) is -0.902. The van der Waals surface area contributed by atoms with E-state index in [4.69, 9.17) is 5.73 Å². The first-order chi connectivity index (χ1) is 4.01. The lowest BCUT2D eigenvalue weighted by Gasteiger charge is -1.88. The van der Waals surface area contributed by atoms with Gasteiger partial charge in [-0.1, -0.05) is 0 Å². The molecule has 60 valence electrons. The molecule has 0 bridgehead atoms. The van der Waals surface area contributed by atoms with E-state index in [-0.39, 0.29) is 18.2 Å². The SMILES string of the molecule is Cl.NC1CS(=O)(=O)NC1=O. The summed E-state index contributed by atoms with van der Waals surface area (Å²) >= 11 is 0. The van der Waals surface area contributed by atoms with Crippen LogP contribution in [0.1, 0.15) is 0 Å². The van der Waals surface area contributed by atoms with E-state index in [9.17, 15) is 13.2 Å². The molecule has 0 aliphatic carbocycles. The molecule has 0 spiro atoms. The number of hydrogen-bond donors (Lipinski definition) is 2. The summed E-state index contributed by atoms with van der Waals surface area (Å²) in [6.07, 6.45) is 0. The first kappa shape index (κ1) is 9.67. The molecule has 1 amide bonds. The molecule has 0 aromatic rings. The van der Waals surface area contributed by atoms with E-state index in [1.54, 1.807) is 4.72 Å². The summed E-state index contributed by atoms with van der Waals surface area (Å²) in [5, 5.41) is 0. The number of sulfonamides is 1. The summed E-state index contributed by atoms with van der Waals surface area (Å²) in [7, 11) is -3.37. The van der Waals surface area contributed by atoms with Gasteiger partial charge in [0.05, 0.1) is 5.75 Å². The number of nitrogens with two attached hydrogens (primary N) is 1. The van der Waals surface area contributed by atoms with E-state index in [2.05, 4.69) is 0 Å². The second-order valence-corrected chi connectivity index (χ2v) is 3.62. The minimum Gasteiger partial charge on any atom is -0.319 e. The van der Waals surface area contributed by atoms with Gasteiger partial charge in [0.2, 0.25) is 10.0 Å². The van der Waals surface area contributed by atoms with Crippen molar-refractivity contribution in [1.29, 1.82) is 0 Å². The Hall–Kier alpha value is -0.330. The van der Waals surface area contributed by atoms with Gasteiger partial charge >= 0.3 is 0 Å². The van der Waals surface area contributed by atoms with Crippen LogP contribution in [0.5, 0.6) is 0 Å². The molecule has 1 unspecified atom stereocenters. The Morgan fingerprint density at radius 3 is 2.20 bits per heavy atom. The number of carbonyl (C=O) groups excluding carboxylic acids is 1. The molecule has 1 saturated heterocycles. The Bertz CT molecular complexity index is 236. The Labute approximate surface area is 64.4 Å². The van der Waals surface area contributed by atoms with Gasteiger partial charge in [0, 0.05) is 0 Å². The highest BCUT2D eigenvalue weighted by atomic mass is 35.5. The summed E-state index contributed by atoms with van der Waals surface area (Å²) in [6, 6.07) is -0.880. The highest BCUT2D eigenvalue weighted by molar-refractivity contribution is 7.90. The number of hydrogen-bond acceptors (Lipinski definition) is 4. The van der Waals surface area contributed by atoms with Crippen LogP contribution in [0.4, 0.5) is 0 Å². The fourth-order valence-corrected chi connectivity index (χ4v) is 1.75. The van der Waals surface area contributed by atoms with Crippen molar-refractivity contribution in [2.24, 2.45) is 5.73 Å². The van der Waals surface area contributed by atoms with Gasteiger partial charge in [0.25, 0.3) is 5.91 Å². The number of nitrogens with one attached hydrogen (secondary N) is 1. The van der Waals surface area contributed by atoms with Crippen LogP contribution >= 0.6 is 12.4 Å². The number of carbonyl (C=O) groups is 1. The molecule has 0 saturated carbocycles. The maximum absolute atomic E-state index is 10.4. The van der Waals surface area contributed by atoms with Gasteiger partial charge < -0.3 is 5.73 Å². The van der Waals surface area contributed by atoms with Crippen LogP contribution in [0, 0.1) is 0 Å². The van der Waals surface area contributed by atoms with Crippen LogP contribution in [-0.2, 0) is 14.8 Å². The van der Waals surface area contributed by atoms with E-state index < -0.39 is 22.0 Å². The van der Waals surface area contributed by atoms with E-state index in [0.717, 1.165) is 0 Å². The lowest BCUT2D eigenvalue weighted by atomic mass is 10.4. The lowest BCUT2D eigenvalue weighted by molar-refractivity contribution is -0.119. The molecule has 1 rings (SSSR count). The molecule has 7 heteroatoms. The van der Waals surface area contributed by atoms with Crippen LogP contribution in [-0.4, -0.2) is 26.1 Å². The van der Waals surface area contributed by atoms with Crippen LogP contribution in [0.3, 0.4) is 0 Å². The molecule has 5 nitrogen and oxygen atoms in total. The van der Waals surface area contributed by atoms with Crippen molar-refractivity contribution in [2.45, 2.75) is 6.04 Å². The van der Waals surface area contributed by atoms with Crippen LogP contribution in [0.25, 0.3) is 0 Å². The standard InChI is InChI=1S/C3H6N2O3S.ClH/c4-2-1-9(7,8)5-3(2)6;/h2H,1,4H2,(H,5,6);1H. The first-order valence-corrected chi connectivity index (χ1v) is 3.96. The predicted molar refractivity (Wildman–Crippen MR) is 37.2 cm³/mol. The zero-order valence-electron chi connectivity index (χ0n) is 4.90.